The number of benzene rings is 1. The third kappa shape index (κ3) is 2.22. The highest BCUT2D eigenvalue weighted by molar-refractivity contribution is 6.30. The van der Waals surface area contributed by atoms with Gasteiger partial charge in [0, 0.05) is 5.56 Å². The molecule has 0 N–H and O–H groups in total. The molecule has 3 aromatic rings. The van der Waals surface area contributed by atoms with E-state index in [0.29, 0.717) is 27.7 Å². The van der Waals surface area contributed by atoms with Gasteiger partial charge in [0.15, 0.2) is 0 Å². The Bertz CT molecular complexity index is 922. The number of terminal acetylenes is 1. The zero-order chi connectivity index (χ0) is 15.7. The van der Waals surface area contributed by atoms with Gasteiger partial charge in [0.25, 0.3) is 0 Å². The molecule has 0 saturated heterocycles. The maximum atomic E-state index is 12.2. The Balaban J connectivity index is 2.35. The molecule has 2 heterocycles. The van der Waals surface area contributed by atoms with E-state index in [1.165, 1.54) is 4.52 Å². The lowest BCUT2D eigenvalue weighted by Crippen LogP contribution is -1.97. The molecule has 0 aliphatic heterocycles. The first kappa shape index (κ1) is 14.2. The van der Waals surface area contributed by atoms with Gasteiger partial charge in [-0.05, 0) is 30.2 Å². The highest BCUT2D eigenvalue weighted by Crippen LogP contribution is 2.30. The number of carbonyl (C=O) groups excluding carboxylic acids is 1. The van der Waals surface area contributed by atoms with E-state index in [-0.39, 0.29) is 0 Å². The summed E-state index contributed by atoms with van der Waals surface area (Å²) in [7, 11) is 1.58. The van der Waals surface area contributed by atoms with Crippen LogP contribution in [0.4, 0.5) is 0 Å². The number of methoxy groups -OCH3 is 1. The molecule has 0 unspecified atom stereocenters. The molecule has 5 heteroatoms. The fourth-order valence-electron chi connectivity index (χ4n) is 2.31. The first-order valence-corrected chi connectivity index (χ1v) is 6.86. The van der Waals surface area contributed by atoms with Crippen molar-refractivity contribution in [1.82, 2.24) is 9.61 Å². The predicted molar refractivity (Wildman–Crippen MR) is 85.4 cm³/mol. The zero-order valence-electron chi connectivity index (χ0n) is 11.7. The van der Waals surface area contributed by atoms with Crippen LogP contribution in [-0.2, 0) is 0 Å². The fourth-order valence-corrected chi connectivity index (χ4v) is 2.51. The van der Waals surface area contributed by atoms with Crippen molar-refractivity contribution in [3.8, 4) is 29.4 Å². The number of pyridine rings is 1. The van der Waals surface area contributed by atoms with Crippen molar-refractivity contribution in [1.29, 1.82) is 0 Å². The van der Waals surface area contributed by atoms with Crippen LogP contribution in [0.15, 0.2) is 42.5 Å². The first-order chi connectivity index (χ1) is 10.7. The summed E-state index contributed by atoms with van der Waals surface area (Å²) in [5, 5.41) is 4.84. The summed E-state index contributed by atoms with van der Waals surface area (Å²) in [6.45, 7) is 0. The van der Waals surface area contributed by atoms with Crippen LogP contribution in [-0.4, -0.2) is 22.5 Å². The quantitative estimate of drug-likeness (QED) is 0.322. The summed E-state index contributed by atoms with van der Waals surface area (Å²) in [6.07, 6.45) is 5.30. The third-order valence-corrected chi connectivity index (χ3v) is 3.60. The summed E-state index contributed by atoms with van der Waals surface area (Å²) < 4.78 is 6.72. The van der Waals surface area contributed by atoms with E-state index in [4.69, 9.17) is 22.8 Å². The van der Waals surface area contributed by atoms with Crippen molar-refractivity contribution in [3.05, 3.63) is 53.2 Å². The molecule has 4 nitrogen and oxygen atoms in total. The summed E-state index contributed by atoms with van der Waals surface area (Å²) in [6, 6.07) is 12.5. The van der Waals surface area contributed by atoms with E-state index in [1.807, 2.05) is 18.2 Å². The Kier molecular flexibility index (Phi) is 3.58. The van der Waals surface area contributed by atoms with E-state index in [9.17, 15) is 4.79 Å². The molecule has 0 atom stereocenters. The fraction of sp³-hybridized carbons (Fsp3) is 0.0588. The molecule has 2 aromatic heterocycles. The van der Waals surface area contributed by atoms with Crippen molar-refractivity contribution in [2.75, 3.05) is 7.11 Å². The van der Waals surface area contributed by atoms with Gasteiger partial charge in [-0.15, -0.1) is 6.42 Å². The van der Waals surface area contributed by atoms with Crippen molar-refractivity contribution < 1.29 is 9.53 Å². The zero-order valence-corrected chi connectivity index (χ0v) is 12.5. The maximum Gasteiger partial charge on any atom is 0.240 e. The molecule has 0 radical (unpaired) electrons. The highest BCUT2D eigenvalue weighted by atomic mass is 35.5. The Morgan fingerprint density at radius 1 is 1.32 bits per heavy atom. The minimum atomic E-state index is -0.435. The molecule has 0 aliphatic rings. The van der Waals surface area contributed by atoms with E-state index in [1.54, 1.807) is 31.4 Å². The number of rotatable bonds is 3. The number of aromatic nitrogens is 2. The van der Waals surface area contributed by atoms with Crippen LogP contribution < -0.4 is 4.74 Å². The van der Waals surface area contributed by atoms with E-state index >= 15 is 0 Å². The van der Waals surface area contributed by atoms with Gasteiger partial charge in [-0.2, -0.15) is 5.10 Å². The number of fused-ring (bicyclic) bond motifs is 1. The second-order valence-electron chi connectivity index (χ2n) is 4.57. The number of ether oxygens (including phenoxy) is 1. The van der Waals surface area contributed by atoms with Crippen LogP contribution >= 0.6 is 11.6 Å². The average molecular weight is 311 g/mol. The molecule has 0 spiro atoms. The molecule has 1 aromatic carbocycles. The monoisotopic (exact) mass is 310 g/mol. The van der Waals surface area contributed by atoms with Crippen LogP contribution in [0, 0.1) is 12.3 Å². The summed E-state index contributed by atoms with van der Waals surface area (Å²) in [5.41, 5.74) is 2.15. The van der Waals surface area contributed by atoms with E-state index in [2.05, 4.69) is 11.0 Å². The van der Waals surface area contributed by atoms with Crippen molar-refractivity contribution >= 4 is 22.9 Å². The van der Waals surface area contributed by atoms with Crippen LogP contribution in [0.3, 0.4) is 0 Å². The van der Waals surface area contributed by atoms with Crippen molar-refractivity contribution in [2.45, 2.75) is 0 Å². The molecular formula is C17H11ClN2O2. The van der Waals surface area contributed by atoms with Gasteiger partial charge in [-0.1, -0.05) is 29.8 Å². The van der Waals surface area contributed by atoms with Gasteiger partial charge in [0.1, 0.15) is 16.6 Å². The van der Waals surface area contributed by atoms with Gasteiger partial charge < -0.3 is 4.74 Å². The molecule has 0 amide bonds. The van der Waals surface area contributed by atoms with Crippen LogP contribution in [0.25, 0.3) is 16.8 Å². The molecule has 0 saturated carbocycles. The number of hydrogen-bond acceptors (Lipinski definition) is 3. The van der Waals surface area contributed by atoms with Crippen molar-refractivity contribution in [3.63, 3.8) is 0 Å². The lowest BCUT2D eigenvalue weighted by atomic mass is 10.0. The SMILES string of the molecule is C#CC(=O)c1c(-c2cccc(OC)c2)nn2c(Cl)cccc12. The van der Waals surface area contributed by atoms with Crippen LogP contribution in [0.1, 0.15) is 10.4 Å². The third-order valence-electron chi connectivity index (χ3n) is 3.31. The van der Waals surface area contributed by atoms with Gasteiger partial charge in [0.05, 0.1) is 18.2 Å². The summed E-state index contributed by atoms with van der Waals surface area (Å²) in [5.74, 6) is 2.38. The van der Waals surface area contributed by atoms with Crippen molar-refractivity contribution in [2.24, 2.45) is 0 Å². The number of nitrogens with zero attached hydrogens (tertiary/aromatic N) is 2. The molecule has 3 rings (SSSR count). The van der Waals surface area contributed by atoms with Crippen LogP contribution in [0.2, 0.25) is 5.15 Å². The Hall–Kier alpha value is -2.77. The highest BCUT2D eigenvalue weighted by Gasteiger charge is 2.20. The lowest BCUT2D eigenvalue weighted by Gasteiger charge is -2.03. The Morgan fingerprint density at radius 2 is 2.09 bits per heavy atom. The topological polar surface area (TPSA) is 43.6 Å². The molecule has 22 heavy (non-hydrogen) atoms. The molecule has 0 fully saturated rings. The van der Waals surface area contributed by atoms with E-state index < -0.39 is 5.78 Å². The molecule has 0 aliphatic carbocycles. The summed E-state index contributed by atoms with van der Waals surface area (Å²) in [4.78, 5) is 12.2. The minimum Gasteiger partial charge on any atom is -0.497 e. The normalized spacial score (nSPS) is 10.4. The van der Waals surface area contributed by atoms with Crippen LogP contribution in [0.5, 0.6) is 5.75 Å². The van der Waals surface area contributed by atoms with Gasteiger partial charge in [-0.3, -0.25) is 4.79 Å². The second kappa shape index (κ2) is 5.55. The molecular weight excluding hydrogens is 300 g/mol. The maximum absolute atomic E-state index is 12.2. The molecule has 0 bridgehead atoms. The minimum absolute atomic E-state index is 0.359. The first-order valence-electron chi connectivity index (χ1n) is 6.48. The number of Topliss-reactive ketones (excluding diaryl/α,β-unsaturated/α-hetero) is 1. The number of ketones is 1. The number of hydrogen-bond donors (Lipinski definition) is 0. The van der Waals surface area contributed by atoms with Gasteiger partial charge in [0.2, 0.25) is 5.78 Å². The predicted octanol–water partition coefficient (Wildman–Crippen LogP) is 3.48. The number of halogens is 1. The average Bonchev–Trinajstić information content (AvgIpc) is 2.95. The standard InChI is InChI=1S/C17H11ClN2O2/c1-3-14(21)16-13-8-5-9-15(18)20(13)19-17(16)11-6-4-7-12(10-11)22-2/h1,4-10H,2H3. The Labute approximate surface area is 132 Å². The van der Waals surface area contributed by atoms with E-state index in [0.717, 1.165) is 5.56 Å². The molecule has 108 valence electrons. The van der Waals surface area contributed by atoms with Gasteiger partial charge in [-0.25, -0.2) is 4.52 Å². The largest absolute Gasteiger partial charge is 0.497 e. The van der Waals surface area contributed by atoms with Gasteiger partial charge >= 0.3 is 0 Å². The Morgan fingerprint density at radius 3 is 2.82 bits per heavy atom. The lowest BCUT2D eigenvalue weighted by molar-refractivity contribution is 0.105. The smallest absolute Gasteiger partial charge is 0.240 e. The number of carbonyl (C=O) groups is 1. The summed E-state index contributed by atoms with van der Waals surface area (Å²) >= 11 is 6.15. The second-order valence-corrected chi connectivity index (χ2v) is 4.96.